The van der Waals surface area contributed by atoms with Crippen LogP contribution >= 0.6 is 27.3 Å². The van der Waals surface area contributed by atoms with Crippen LogP contribution in [0.5, 0.6) is 0 Å². The van der Waals surface area contributed by atoms with E-state index in [1.54, 1.807) is 11.3 Å². The highest BCUT2D eigenvalue weighted by Crippen LogP contribution is 2.27. The number of pyridine rings is 1. The van der Waals surface area contributed by atoms with E-state index in [4.69, 9.17) is 0 Å². The van der Waals surface area contributed by atoms with Crippen molar-refractivity contribution in [2.24, 2.45) is 0 Å². The molecule has 0 aliphatic carbocycles. The molecule has 96 valence electrons. The number of rotatable bonds is 4. The summed E-state index contributed by atoms with van der Waals surface area (Å²) in [5.41, 5.74) is 1.37. The van der Waals surface area contributed by atoms with Crippen molar-refractivity contribution in [3.63, 3.8) is 0 Å². The average molecular weight is 333 g/mol. The Morgan fingerprint density at radius 1 is 1.16 bits per heavy atom. The first-order valence-corrected chi connectivity index (χ1v) is 7.86. The molecule has 2 nitrogen and oxygen atoms in total. The summed E-state index contributed by atoms with van der Waals surface area (Å²) in [5, 5.41) is 10.1. The number of nitrogens with one attached hydrogen (secondary N) is 1. The van der Waals surface area contributed by atoms with Crippen molar-refractivity contribution in [2.45, 2.75) is 6.42 Å². The Labute approximate surface area is 124 Å². The van der Waals surface area contributed by atoms with Crippen LogP contribution in [0.4, 0.5) is 5.82 Å². The maximum absolute atomic E-state index is 4.44. The molecule has 2 heterocycles. The molecule has 0 fully saturated rings. The lowest BCUT2D eigenvalue weighted by Crippen LogP contribution is -2.06. The van der Waals surface area contributed by atoms with Gasteiger partial charge in [-0.05, 0) is 40.9 Å². The van der Waals surface area contributed by atoms with Gasteiger partial charge >= 0.3 is 0 Å². The standard InChI is InChI=1S/C15H13BrN2S/c16-14-3-1-2-13-12(14)5-8-18-15(13)17-7-4-11-6-9-19-10-11/h1-3,5-6,8-10H,4,7H2,(H,17,18). The van der Waals surface area contributed by atoms with Crippen LogP contribution < -0.4 is 5.32 Å². The molecule has 4 heteroatoms. The quantitative estimate of drug-likeness (QED) is 0.748. The van der Waals surface area contributed by atoms with Gasteiger partial charge < -0.3 is 5.32 Å². The molecule has 0 spiro atoms. The molecule has 0 saturated carbocycles. The fraction of sp³-hybridized carbons (Fsp3) is 0.133. The van der Waals surface area contributed by atoms with Crippen molar-refractivity contribution in [3.8, 4) is 0 Å². The minimum atomic E-state index is 0.898. The van der Waals surface area contributed by atoms with Gasteiger partial charge in [-0.2, -0.15) is 11.3 Å². The summed E-state index contributed by atoms with van der Waals surface area (Å²) in [6.07, 6.45) is 2.87. The van der Waals surface area contributed by atoms with Gasteiger partial charge in [0.05, 0.1) is 0 Å². The third-order valence-corrected chi connectivity index (χ3v) is 4.46. The Morgan fingerprint density at radius 2 is 2.11 bits per heavy atom. The zero-order valence-corrected chi connectivity index (χ0v) is 12.7. The van der Waals surface area contributed by atoms with E-state index in [0.29, 0.717) is 0 Å². The van der Waals surface area contributed by atoms with Gasteiger partial charge in [-0.3, -0.25) is 0 Å². The molecule has 0 atom stereocenters. The first kappa shape index (κ1) is 12.6. The van der Waals surface area contributed by atoms with Crippen molar-refractivity contribution in [1.82, 2.24) is 4.98 Å². The van der Waals surface area contributed by atoms with Gasteiger partial charge in [0.2, 0.25) is 0 Å². The Bertz CT molecular complexity index is 680. The number of aromatic nitrogens is 1. The molecule has 0 amide bonds. The summed E-state index contributed by atoms with van der Waals surface area (Å²) >= 11 is 5.32. The molecular weight excluding hydrogens is 320 g/mol. The van der Waals surface area contributed by atoms with Crippen molar-refractivity contribution in [3.05, 3.63) is 57.3 Å². The van der Waals surface area contributed by atoms with Crippen molar-refractivity contribution < 1.29 is 0 Å². The largest absolute Gasteiger partial charge is 0.369 e. The number of fused-ring (bicyclic) bond motifs is 1. The van der Waals surface area contributed by atoms with E-state index in [1.165, 1.54) is 10.9 Å². The Morgan fingerprint density at radius 3 is 2.95 bits per heavy atom. The number of hydrogen-bond donors (Lipinski definition) is 1. The summed E-state index contributed by atoms with van der Waals surface area (Å²) < 4.78 is 1.10. The lowest BCUT2D eigenvalue weighted by atomic mass is 10.1. The molecule has 0 bridgehead atoms. The van der Waals surface area contributed by atoms with E-state index in [9.17, 15) is 0 Å². The van der Waals surface area contributed by atoms with Crippen molar-refractivity contribution in [1.29, 1.82) is 0 Å². The monoisotopic (exact) mass is 332 g/mol. The number of halogens is 1. The van der Waals surface area contributed by atoms with E-state index < -0.39 is 0 Å². The van der Waals surface area contributed by atoms with Crippen LogP contribution in [0.2, 0.25) is 0 Å². The van der Waals surface area contributed by atoms with Gasteiger partial charge in [0.1, 0.15) is 5.82 Å². The number of hydrogen-bond acceptors (Lipinski definition) is 3. The zero-order valence-electron chi connectivity index (χ0n) is 10.3. The second-order valence-corrected chi connectivity index (χ2v) is 5.94. The first-order chi connectivity index (χ1) is 9.34. The zero-order chi connectivity index (χ0) is 13.1. The molecule has 19 heavy (non-hydrogen) atoms. The average Bonchev–Trinajstić information content (AvgIpc) is 2.93. The maximum atomic E-state index is 4.44. The summed E-state index contributed by atoms with van der Waals surface area (Å²) in [5.74, 6) is 0.953. The van der Waals surface area contributed by atoms with E-state index in [0.717, 1.165) is 28.6 Å². The molecule has 0 unspecified atom stereocenters. The molecule has 2 aromatic heterocycles. The summed E-state index contributed by atoms with van der Waals surface area (Å²) in [7, 11) is 0. The minimum absolute atomic E-state index is 0.898. The van der Waals surface area contributed by atoms with Gasteiger partial charge in [0.25, 0.3) is 0 Å². The van der Waals surface area contributed by atoms with Gasteiger partial charge in [-0.1, -0.05) is 28.1 Å². The SMILES string of the molecule is Brc1cccc2c(NCCc3ccsc3)nccc12. The highest BCUT2D eigenvalue weighted by atomic mass is 79.9. The second-order valence-electron chi connectivity index (χ2n) is 4.30. The van der Waals surface area contributed by atoms with Crippen molar-refractivity contribution in [2.75, 3.05) is 11.9 Å². The molecule has 0 aliphatic heterocycles. The van der Waals surface area contributed by atoms with Crippen LogP contribution in [0, 0.1) is 0 Å². The predicted molar refractivity (Wildman–Crippen MR) is 86.0 cm³/mol. The summed E-state index contributed by atoms with van der Waals surface area (Å²) in [4.78, 5) is 4.44. The normalized spacial score (nSPS) is 10.8. The topological polar surface area (TPSA) is 24.9 Å². The molecule has 1 N–H and O–H groups in total. The van der Waals surface area contributed by atoms with Crippen LogP contribution in [0.15, 0.2) is 51.8 Å². The lowest BCUT2D eigenvalue weighted by molar-refractivity contribution is 1.02. The third kappa shape index (κ3) is 2.80. The molecule has 0 radical (unpaired) electrons. The highest BCUT2D eigenvalue weighted by Gasteiger charge is 2.04. The Balaban J connectivity index is 1.79. The van der Waals surface area contributed by atoms with Gasteiger partial charge in [-0.15, -0.1) is 0 Å². The molecular formula is C15H13BrN2S. The molecule has 0 aliphatic rings. The van der Waals surface area contributed by atoms with Gasteiger partial charge in [0, 0.05) is 28.0 Å². The lowest BCUT2D eigenvalue weighted by Gasteiger charge is -2.09. The van der Waals surface area contributed by atoms with Crippen LogP contribution in [-0.4, -0.2) is 11.5 Å². The van der Waals surface area contributed by atoms with Gasteiger partial charge in [-0.25, -0.2) is 4.98 Å². The van der Waals surface area contributed by atoms with E-state index in [1.807, 2.05) is 18.3 Å². The van der Waals surface area contributed by atoms with E-state index in [2.05, 4.69) is 55.2 Å². The third-order valence-electron chi connectivity index (χ3n) is 3.04. The van der Waals surface area contributed by atoms with Gasteiger partial charge in [0.15, 0.2) is 0 Å². The number of anilines is 1. The smallest absolute Gasteiger partial charge is 0.133 e. The van der Waals surface area contributed by atoms with E-state index in [-0.39, 0.29) is 0 Å². The summed E-state index contributed by atoms with van der Waals surface area (Å²) in [6, 6.07) is 10.4. The fourth-order valence-corrected chi connectivity index (χ4v) is 3.27. The highest BCUT2D eigenvalue weighted by molar-refractivity contribution is 9.10. The number of benzene rings is 1. The second kappa shape index (κ2) is 5.72. The first-order valence-electron chi connectivity index (χ1n) is 6.13. The Kier molecular flexibility index (Phi) is 3.80. The molecule has 3 aromatic rings. The minimum Gasteiger partial charge on any atom is -0.369 e. The maximum Gasteiger partial charge on any atom is 0.133 e. The summed E-state index contributed by atoms with van der Waals surface area (Å²) in [6.45, 7) is 0.898. The predicted octanol–water partition coefficient (Wildman–Crippen LogP) is 4.71. The van der Waals surface area contributed by atoms with E-state index >= 15 is 0 Å². The number of thiophene rings is 1. The number of nitrogens with zero attached hydrogens (tertiary/aromatic N) is 1. The Hall–Kier alpha value is -1.39. The molecule has 0 saturated heterocycles. The van der Waals surface area contributed by atoms with Crippen LogP contribution in [0.3, 0.4) is 0 Å². The fourth-order valence-electron chi connectivity index (χ4n) is 2.07. The molecule has 1 aromatic carbocycles. The molecule has 3 rings (SSSR count). The van der Waals surface area contributed by atoms with Crippen molar-refractivity contribution >= 4 is 43.9 Å². The van der Waals surface area contributed by atoms with Crippen LogP contribution in [0.25, 0.3) is 10.8 Å². The van der Waals surface area contributed by atoms with Crippen LogP contribution in [-0.2, 0) is 6.42 Å². The van der Waals surface area contributed by atoms with Crippen LogP contribution in [0.1, 0.15) is 5.56 Å².